The van der Waals surface area contributed by atoms with Crippen LogP contribution < -0.4 is 21.7 Å². The van der Waals surface area contributed by atoms with E-state index in [1.54, 1.807) is 25.1 Å². The number of nitrogens with two attached hydrogens (primary N) is 1. The zero-order valence-electron chi connectivity index (χ0n) is 17.2. The Bertz CT molecular complexity index is 903. The number of carbonyl (C=O) groups excluding carboxylic acids is 2. The highest BCUT2D eigenvalue weighted by atomic mass is 19.1. The number of carbonyl (C=O) groups is 2. The fourth-order valence-corrected chi connectivity index (χ4v) is 3.63. The maximum Gasteiger partial charge on any atom is 0.242 e. The maximum absolute atomic E-state index is 13.0. The molecule has 1 unspecified atom stereocenters. The smallest absolute Gasteiger partial charge is 0.242 e. The molecular weight excluding hydrogens is 385 g/mol. The molecule has 1 aromatic heterocycles. The molecule has 2 amide bonds. The minimum absolute atomic E-state index is 0.190. The summed E-state index contributed by atoms with van der Waals surface area (Å²) in [6, 6.07) is 8.96. The van der Waals surface area contributed by atoms with E-state index in [0.717, 1.165) is 23.2 Å². The third-order valence-electron chi connectivity index (χ3n) is 5.40. The van der Waals surface area contributed by atoms with Crippen molar-refractivity contribution in [3.8, 4) is 0 Å². The molecule has 2 heterocycles. The summed E-state index contributed by atoms with van der Waals surface area (Å²) in [5, 5.41) is 8.81. The second-order valence-electron chi connectivity index (χ2n) is 7.82. The number of pyridine rings is 1. The van der Waals surface area contributed by atoms with E-state index in [1.165, 1.54) is 12.1 Å². The molecule has 1 aliphatic heterocycles. The molecule has 30 heavy (non-hydrogen) atoms. The van der Waals surface area contributed by atoms with Crippen LogP contribution >= 0.6 is 0 Å². The van der Waals surface area contributed by atoms with Crippen molar-refractivity contribution in [2.24, 2.45) is 5.92 Å². The molecule has 0 saturated carbocycles. The lowest BCUT2D eigenvalue weighted by Gasteiger charge is -2.17. The van der Waals surface area contributed by atoms with Gasteiger partial charge in [0, 0.05) is 12.2 Å². The van der Waals surface area contributed by atoms with Crippen LogP contribution in [0.3, 0.4) is 0 Å². The van der Waals surface area contributed by atoms with E-state index >= 15 is 0 Å². The van der Waals surface area contributed by atoms with Crippen LogP contribution in [-0.2, 0) is 22.6 Å². The fraction of sp³-hybridized carbons (Fsp3) is 0.409. The first-order chi connectivity index (χ1) is 14.3. The molecule has 1 aromatic carbocycles. The van der Waals surface area contributed by atoms with Crippen molar-refractivity contribution < 1.29 is 14.0 Å². The summed E-state index contributed by atoms with van der Waals surface area (Å²) >= 11 is 0. The number of amides is 2. The van der Waals surface area contributed by atoms with Crippen LogP contribution in [0.25, 0.3) is 0 Å². The number of halogens is 1. The molecule has 1 aliphatic rings. The summed E-state index contributed by atoms with van der Waals surface area (Å²) < 4.78 is 13.0. The number of rotatable bonds is 7. The number of hydrogen-bond donors (Lipinski definition) is 4. The lowest BCUT2D eigenvalue weighted by atomic mass is 9.96. The predicted octanol–water partition coefficient (Wildman–Crippen LogP) is 1.45. The highest BCUT2D eigenvalue weighted by Crippen LogP contribution is 2.19. The molecule has 160 valence electrons. The van der Waals surface area contributed by atoms with E-state index in [1.807, 2.05) is 13.0 Å². The zero-order valence-corrected chi connectivity index (χ0v) is 17.2. The van der Waals surface area contributed by atoms with Crippen molar-refractivity contribution >= 4 is 17.6 Å². The highest BCUT2D eigenvalue weighted by molar-refractivity contribution is 5.89. The summed E-state index contributed by atoms with van der Waals surface area (Å²) in [6.45, 7) is 4.52. The number of benzene rings is 1. The van der Waals surface area contributed by atoms with Crippen molar-refractivity contribution in [1.82, 2.24) is 20.9 Å². The SMILES string of the molecule is Cc1nc(N)ccc1CNC(=O)[C@H](C)NC(=O)[C@H]1CC(Cc2ccc(F)cc2)CN1. The van der Waals surface area contributed by atoms with Gasteiger partial charge in [-0.1, -0.05) is 18.2 Å². The van der Waals surface area contributed by atoms with Gasteiger partial charge in [0.2, 0.25) is 11.8 Å². The number of anilines is 1. The second-order valence-corrected chi connectivity index (χ2v) is 7.82. The molecular formula is C22H28FN5O2. The Hall–Kier alpha value is -3.00. The van der Waals surface area contributed by atoms with Gasteiger partial charge in [0.15, 0.2) is 0 Å². The fourth-order valence-electron chi connectivity index (χ4n) is 3.63. The number of nitrogen functional groups attached to an aromatic ring is 1. The highest BCUT2D eigenvalue weighted by Gasteiger charge is 2.30. The lowest BCUT2D eigenvalue weighted by Crippen LogP contribution is -2.50. The van der Waals surface area contributed by atoms with Crippen LogP contribution in [0.2, 0.25) is 0 Å². The molecule has 1 saturated heterocycles. The van der Waals surface area contributed by atoms with Gasteiger partial charge in [0.25, 0.3) is 0 Å². The van der Waals surface area contributed by atoms with Crippen LogP contribution in [0.5, 0.6) is 0 Å². The minimum Gasteiger partial charge on any atom is -0.384 e. The number of nitrogens with zero attached hydrogens (tertiary/aromatic N) is 1. The van der Waals surface area contributed by atoms with Gasteiger partial charge in [-0.05, 0) is 68.5 Å². The average Bonchev–Trinajstić information content (AvgIpc) is 3.17. The van der Waals surface area contributed by atoms with Crippen LogP contribution in [0.1, 0.15) is 30.2 Å². The number of aryl methyl sites for hydroxylation is 1. The molecule has 0 aliphatic carbocycles. The maximum atomic E-state index is 13.0. The summed E-state index contributed by atoms with van der Waals surface area (Å²) in [4.78, 5) is 29.1. The van der Waals surface area contributed by atoms with Crippen LogP contribution in [0.15, 0.2) is 36.4 Å². The van der Waals surface area contributed by atoms with E-state index in [0.29, 0.717) is 25.3 Å². The zero-order chi connectivity index (χ0) is 21.7. The Kier molecular flexibility index (Phi) is 6.99. The summed E-state index contributed by atoms with van der Waals surface area (Å²) in [5.41, 5.74) is 8.31. The van der Waals surface area contributed by atoms with Gasteiger partial charge in [-0.3, -0.25) is 9.59 Å². The van der Waals surface area contributed by atoms with E-state index in [4.69, 9.17) is 5.73 Å². The normalized spacial score (nSPS) is 19.3. The van der Waals surface area contributed by atoms with Crippen molar-refractivity contribution in [2.75, 3.05) is 12.3 Å². The minimum atomic E-state index is -0.655. The first kappa shape index (κ1) is 21.7. The largest absolute Gasteiger partial charge is 0.384 e. The van der Waals surface area contributed by atoms with Gasteiger partial charge in [-0.15, -0.1) is 0 Å². The quantitative estimate of drug-likeness (QED) is 0.549. The third-order valence-corrected chi connectivity index (χ3v) is 5.40. The van der Waals surface area contributed by atoms with Gasteiger partial charge in [0.1, 0.15) is 17.7 Å². The Morgan fingerprint density at radius 1 is 1.27 bits per heavy atom. The van der Waals surface area contributed by atoms with E-state index in [-0.39, 0.29) is 29.6 Å². The molecule has 5 N–H and O–H groups in total. The van der Waals surface area contributed by atoms with Crippen molar-refractivity contribution in [1.29, 1.82) is 0 Å². The molecule has 1 fully saturated rings. The Morgan fingerprint density at radius 3 is 2.70 bits per heavy atom. The third kappa shape index (κ3) is 5.76. The Balaban J connectivity index is 1.44. The first-order valence-corrected chi connectivity index (χ1v) is 10.1. The topological polar surface area (TPSA) is 109 Å². The lowest BCUT2D eigenvalue weighted by molar-refractivity contribution is -0.129. The van der Waals surface area contributed by atoms with E-state index in [2.05, 4.69) is 20.9 Å². The van der Waals surface area contributed by atoms with Crippen molar-refractivity contribution in [3.05, 3.63) is 59.0 Å². The Labute approximate surface area is 175 Å². The number of aromatic nitrogens is 1. The van der Waals surface area contributed by atoms with Crippen molar-refractivity contribution in [3.63, 3.8) is 0 Å². The summed E-state index contributed by atoms with van der Waals surface area (Å²) in [7, 11) is 0. The monoisotopic (exact) mass is 413 g/mol. The van der Waals surface area contributed by atoms with Crippen molar-refractivity contribution in [2.45, 2.75) is 45.3 Å². The molecule has 8 heteroatoms. The molecule has 2 aromatic rings. The molecule has 3 rings (SSSR count). The number of hydrogen-bond acceptors (Lipinski definition) is 5. The van der Waals surface area contributed by atoms with E-state index in [9.17, 15) is 14.0 Å². The first-order valence-electron chi connectivity index (χ1n) is 10.1. The van der Waals surface area contributed by atoms with Gasteiger partial charge in [0.05, 0.1) is 6.04 Å². The van der Waals surface area contributed by atoms with Crippen LogP contribution in [0.4, 0.5) is 10.2 Å². The molecule has 0 spiro atoms. The second kappa shape index (κ2) is 9.67. The molecule has 7 nitrogen and oxygen atoms in total. The summed E-state index contributed by atoms with van der Waals surface area (Å²) in [5.74, 6) is 0.0157. The number of nitrogens with one attached hydrogen (secondary N) is 3. The van der Waals surface area contributed by atoms with Crippen LogP contribution in [-0.4, -0.2) is 35.4 Å². The molecule has 0 bridgehead atoms. The van der Waals surface area contributed by atoms with Gasteiger partial charge in [-0.2, -0.15) is 0 Å². The van der Waals surface area contributed by atoms with E-state index < -0.39 is 6.04 Å². The average molecular weight is 413 g/mol. The van der Waals surface area contributed by atoms with Gasteiger partial charge >= 0.3 is 0 Å². The standard InChI is InChI=1S/C22H28FN5O2/c1-13-17(5-8-20(24)27-13)12-26-21(29)14(2)28-22(30)19-10-16(11-25-19)9-15-3-6-18(23)7-4-15/h3-8,14,16,19,25H,9-12H2,1-2H3,(H2,24,27)(H,26,29)(H,28,30)/t14-,16?,19+/m0/s1. The molecule has 0 radical (unpaired) electrons. The van der Waals surface area contributed by atoms with Gasteiger partial charge < -0.3 is 21.7 Å². The van der Waals surface area contributed by atoms with Gasteiger partial charge in [-0.25, -0.2) is 9.37 Å². The Morgan fingerprint density at radius 2 is 2.00 bits per heavy atom. The summed E-state index contributed by atoms with van der Waals surface area (Å²) in [6.07, 6.45) is 1.45. The van der Waals surface area contributed by atoms with Crippen LogP contribution in [0, 0.1) is 18.7 Å². The molecule has 3 atom stereocenters. The predicted molar refractivity (Wildman–Crippen MR) is 113 cm³/mol.